The van der Waals surface area contributed by atoms with Gasteiger partial charge in [-0.1, -0.05) is 18.2 Å². The van der Waals surface area contributed by atoms with E-state index >= 15 is 0 Å². The van der Waals surface area contributed by atoms with Crippen LogP contribution in [0.2, 0.25) is 0 Å². The van der Waals surface area contributed by atoms with Gasteiger partial charge in [0.15, 0.2) is 0 Å². The molecule has 2 aromatic rings. The predicted molar refractivity (Wildman–Crippen MR) is 132 cm³/mol. The molecule has 2 fully saturated rings. The van der Waals surface area contributed by atoms with Crippen molar-refractivity contribution in [2.75, 3.05) is 39.8 Å². The van der Waals surface area contributed by atoms with Gasteiger partial charge in [-0.25, -0.2) is 0 Å². The third kappa shape index (κ3) is 4.97. The smallest absolute Gasteiger partial charge is 0.254 e. The first-order valence-corrected chi connectivity index (χ1v) is 12.7. The average molecular weight is 462 g/mol. The summed E-state index contributed by atoms with van der Waals surface area (Å²) in [6.45, 7) is 5.53. The SMILES string of the molecule is COc1ccc(CC(=O)N2CCc3cc(C(=O)N4CCC[C@H]4CN4CCCC4)ccc3C2)cc1. The summed E-state index contributed by atoms with van der Waals surface area (Å²) in [5.74, 6) is 1.10. The van der Waals surface area contributed by atoms with Gasteiger partial charge in [0.05, 0.1) is 13.5 Å². The third-order valence-electron chi connectivity index (χ3n) is 7.64. The summed E-state index contributed by atoms with van der Waals surface area (Å²) in [6, 6.07) is 14.1. The van der Waals surface area contributed by atoms with E-state index in [1.54, 1.807) is 7.11 Å². The molecule has 0 radical (unpaired) electrons. The summed E-state index contributed by atoms with van der Waals surface area (Å²) in [5, 5.41) is 0. The number of carbonyl (C=O) groups is 2. The van der Waals surface area contributed by atoms with Crippen LogP contribution in [0.5, 0.6) is 5.75 Å². The summed E-state index contributed by atoms with van der Waals surface area (Å²) < 4.78 is 5.20. The fraction of sp³-hybridized carbons (Fsp3) is 0.500. The van der Waals surface area contributed by atoms with Crippen LogP contribution in [0.3, 0.4) is 0 Å². The second-order valence-corrected chi connectivity index (χ2v) is 9.88. The largest absolute Gasteiger partial charge is 0.497 e. The Bertz CT molecular complexity index is 1030. The van der Waals surface area contributed by atoms with Gasteiger partial charge in [-0.15, -0.1) is 0 Å². The summed E-state index contributed by atoms with van der Waals surface area (Å²) in [6.07, 6.45) is 5.96. The van der Waals surface area contributed by atoms with Crippen LogP contribution in [-0.2, 0) is 24.2 Å². The second kappa shape index (κ2) is 10.2. The van der Waals surface area contributed by atoms with E-state index in [4.69, 9.17) is 4.74 Å². The highest BCUT2D eigenvalue weighted by Crippen LogP contribution is 2.26. The zero-order valence-corrected chi connectivity index (χ0v) is 20.2. The Labute approximate surface area is 202 Å². The molecule has 0 spiro atoms. The number of fused-ring (bicyclic) bond motifs is 1. The van der Waals surface area contributed by atoms with Crippen molar-refractivity contribution in [1.82, 2.24) is 14.7 Å². The normalized spacial score (nSPS) is 20.4. The lowest BCUT2D eigenvalue weighted by atomic mass is 9.96. The van der Waals surface area contributed by atoms with E-state index in [0.29, 0.717) is 25.6 Å². The van der Waals surface area contributed by atoms with Gasteiger partial charge in [0.1, 0.15) is 5.75 Å². The Morgan fingerprint density at radius 3 is 2.50 bits per heavy atom. The van der Waals surface area contributed by atoms with Gasteiger partial charge in [0, 0.05) is 37.8 Å². The lowest BCUT2D eigenvalue weighted by Gasteiger charge is -2.31. The Kier molecular flexibility index (Phi) is 6.86. The topological polar surface area (TPSA) is 53.1 Å². The Balaban J connectivity index is 1.21. The van der Waals surface area contributed by atoms with Crippen LogP contribution in [0.1, 0.15) is 52.7 Å². The van der Waals surface area contributed by atoms with Crippen molar-refractivity contribution in [2.24, 2.45) is 0 Å². The lowest BCUT2D eigenvalue weighted by molar-refractivity contribution is -0.131. The second-order valence-electron chi connectivity index (χ2n) is 9.88. The molecule has 34 heavy (non-hydrogen) atoms. The quantitative estimate of drug-likeness (QED) is 0.661. The van der Waals surface area contributed by atoms with Gasteiger partial charge in [-0.05, 0) is 86.1 Å². The van der Waals surface area contributed by atoms with Crippen molar-refractivity contribution in [3.05, 3.63) is 64.7 Å². The molecule has 0 aliphatic carbocycles. The van der Waals surface area contributed by atoms with E-state index in [2.05, 4.69) is 21.9 Å². The van der Waals surface area contributed by atoms with E-state index in [-0.39, 0.29) is 11.8 Å². The molecule has 3 aliphatic heterocycles. The van der Waals surface area contributed by atoms with E-state index in [0.717, 1.165) is 54.8 Å². The van der Waals surface area contributed by atoms with Crippen molar-refractivity contribution >= 4 is 11.8 Å². The van der Waals surface area contributed by atoms with E-state index in [1.807, 2.05) is 35.2 Å². The standard InChI is InChI=1S/C28H35N3O3/c1-34-26-10-6-21(7-11-26)17-27(32)30-16-12-22-18-23(8-9-24(22)19-30)28(33)31-15-4-5-25(31)20-29-13-2-3-14-29/h6-11,18,25H,2-5,12-17,19-20H2,1H3/t25-/m0/s1. The molecular formula is C28H35N3O3. The molecule has 3 aliphatic rings. The third-order valence-corrected chi connectivity index (χ3v) is 7.64. The summed E-state index contributed by atoms with van der Waals surface area (Å²) in [4.78, 5) is 32.8. The van der Waals surface area contributed by atoms with E-state index < -0.39 is 0 Å². The van der Waals surface area contributed by atoms with Gasteiger partial charge in [-0.3, -0.25) is 9.59 Å². The Morgan fingerprint density at radius 2 is 1.74 bits per heavy atom. The molecule has 0 aromatic heterocycles. The van der Waals surface area contributed by atoms with Crippen LogP contribution in [0.4, 0.5) is 0 Å². The van der Waals surface area contributed by atoms with Crippen LogP contribution in [0.25, 0.3) is 0 Å². The summed E-state index contributed by atoms with van der Waals surface area (Å²) >= 11 is 0. The fourth-order valence-corrected chi connectivity index (χ4v) is 5.65. The van der Waals surface area contributed by atoms with Crippen molar-refractivity contribution in [3.63, 3.8) is 0 Å². The molecule has 2 amide bonds. The molecule has 180 valence electrons. The monoisotopic (exact) mass is 461 g/mol. The van der Waals surface area contributed by atoms with Crippen molar-refractivity contribution in [1.29, 1.82) is 0 Å². The number of rotatable bonds is 6. The minimum absolute atomic E-state index is 0.137. The van der Waals surface area contributed by atoms with Gasteiger partial charge >= 0.3 is 0 Å². The molecule has 0 N–H and O–H groups in total. The first kappa shape index (κ1) is 22.9. The van der Waals surface area contributed by atoms with Gasteiger partial charge in [-0.2, -0.15) is 0 Å². The highest BCUT2D eigenvalue weighted by Gasteiger charge is 2.32. The van der Waals surface area contributed by atoms with E-state index in [9.17, 15) is 9.59 Å². The number of benzene rings is 2. The lowest BCUT2D eigenvalue weighted by Crippen LogP contribution is -2.42. The number of hydrogen-bond donors (Lipinski definition) is 0. The van der Waals surface area contributed by atoms with Crippen LogP contribution in [-0.4, -0.2) is 72.4 Å². The van der Waals surface area contributed by atoms with Crippen molar-refractivity contribution in [3.8, 4) is 5.75 Å². The highest BCUT2D eigenvalue weighted by atomic mass is 16.5. The molecule has 2 saturated heterocycles. The molecule has 0 unspecified atom stereocenters. The number of nitrogens with zero attached hydrogens (tertiary/aromatic N) is 3. The fourth-order valence-electron chi connectivity index (χ4n) is 5.65. The Morgan fingerprint density at radius 1 is 0.941 bits per heavy atom. The molecule has 0 saturated carbocycles. The highest BCUT2D eigenvalue weighted by molar-refractivity contribution is 5.95. The van der Waals surface area contributed by atoms with Crippen molar-refractivity contribution < 1.29 is 14.3 Å². The average Bonchev–Trinajstić information content (AvgIpc) is 3.56. The van der Waals surface area contributed by atoms with Gasteiger partial charge in [0.25, 0.3) is 5.91 Å². The molecule has 3 heterocycles. The molecule has 5 rings (SSSR count). The number of carbonyl (C=O) groups excluding carboxylic acids is 2. The minimum Gasteiger partial charge on any atom is -0.497 e. The molecule has 1 atom stereocenters. The minimum atomic E-state index is 0.137. The predicted octanol–water partition coefficient (Wildman–Crippen LogP) is 3.52. The maximum Gasteiger partial charge on any atom is 0.254 e. The van der Waals surface area contributed by atoms with Gasteiger partial charge in [0.2, 0.25) is 5.91 Å². The van der Waals surface area contributed by atoms with Crippen LogP contribution in [0, 0.1) is 0 Å². The van der Waals surface area contributed by atoms with E-state index in [1.165, 1.54) is 31.5 Å². The molecule has 6 heteroatoms. The number of amides is 2. The molecule has 2 aromatic carbocycles. The van der Waals surface area contributed by atoms with Crippen LogP contribution >= 0.6 is 0 Å². The summed E-state index contributed by atoms with van der Waals surface area (Å²) in [5.41, 5.74) is 4.15. The molecule has 6 nitrogen and oxygen atoms in total. The number of methoxy groups -OCH3 is 1. The molecule has 0 bridgehead atoms. The number of ether oxygens (including phenoxy) is 1. The maximum absolute atomic E-state index is 13.4. The van der Waals surface area contributed by atoms with Crippen molar-refractivity contribution in [2.45, 2.75) is 51.1 Å². The maximum atomic E-state index is 13.4. The zero-order valence-electron chi connectivity index (χ0n) is 20.2. The van der Waals surface area contributed by atoms with Crippen LogP contribution in [0.15, 0.2) is 42.5 Å². The Hall–Kier alpha value is -2.86. The zero-order chi connectivity index (χ0) is 23.5. The number of hydrogen-bond acceptors (Lipinski definition) is 4. The first-order chi connectivity index (χ1) is 16.6. The first-order valence-electron chi connectivity index (χ1n) is 12.7. The summed E-state index contributed by atoms with van der Waals surface area (Å²) in [7, 11) is 1.64. The molecular weight excluding hydrogens is 426 g/mol. The van der Waals surface area contributed by atoms with Crippen LogP contribution < -0.4 is 4.74 Å². The number of likely N-dealkylation sites (tertiary alicyclic amines) is 2. The van der Waals surface area contributed by atoms with Gasteiger partial charge < -0.3 is 19.4 Å².